The fourth-order valence-electron chi connectivity index (χ4n) is 2.51. The fraction of sp³-hybridized carbons (Fsp3) is 0.562. The Bertz CT molecular complexity index is 392. The Kier molecular flexibility index (Phi) is 5.40. The lowest BCUT2D eigenvalue weighted by molar-refractivity contribution is -0.117. The molecule has 0 bridgehead atoms. The molecule has 0 saturated carbocycles. The molecule has 1 N–H and O–H groups in total. The minimum absolute atomic E-state index is 0.101. The normalized spacial score (nSPS) is 17.5. The van der Waals surface area contributed by atoms with Gasteiger partial charge in [-0.1, -0.05) is 37.0 Å². The van der Waals surface area contributed by atoms with E-state index in [-0.39, 0.29) is 5.91 Å². The van der Waals surface area contributed by atoms with Crippen LogP contribution in [0.4, 0.5) is 5.69 Å². The Hall–Kier alpha value is -1.35. The first-order chi connectivity index (χ1) is 9.24. The van der Waals surface area contributed by atoms with E-state index in [1.807, 2.05) is 31.2 Å². The maximum absolute atomic E-state index is 12.0. The Morgan fingerprint density at radius 3 is 2.26 bits per heavy atom. The maximum atomic E-state index is 12.0. The highest BCUT2D eigenvalue weighted by Gasteiger charge is 2.12. The van der Waals surface area contributed by atoms with Crippen molar-refractivity contribution in [2.45, 2.75) is 39.0 Å². The minimum Gasteiger partial charge on any atom is -0.325 e. The van der Waals surface area contributed by atoms with Gasteiger partial charge in [0.25, 0.3) is 0 Å². The third-order valence-corrected chi connectivity index (χ3v) is 3.65. The van der Waals surface area contributed by atoms with Crippen molar-refractivity contribution in [3.05, 3.63) is 29.8 Å². The predicted molar refractivity (Wildman–Crippen MR) is 79.3 cm³/mol. The van der Waals surface area contributed by atoms with Gasteiger partial charge in [0.1, 0.15) is 0 Å². The van der Waals surface area contributed by atoms with E-state index in [1.54, 1.807) is 0 Å². The zero-order valence-corrected chi connectivity index (χ0v) is 11.8. The number of likely N-dealkylation sites (tertiary alicyclic amines) is 1. The summed E-state index contributed by atoms with van der Waals surface area (Å²) in [6.07, 6.45) is 6.39. The lowest BCUT2D eigenvalue weighted by atomic mass is 10.1. The number of anilines is 1. The van der Waals surface area contributed by atoms with Crippen molar-refractivity contribution >= 4 is 11.6 Å². The quantitative estimate of drug-likeness (QED) is 0.905. The summed E-state index contributed by atoms with van der Waals surface area (Å²) in [7, 11) is 0. The van der Waals surface area contributed by atoms with E-state index in [1.165, 1.54) is 37.7 Å². The van der Waals surface area contributed by atoms with Gasteiger partial charge in [-0.3, -0.25) is 9.69 Å². The molecular weight excluding hydrogens is 236 g/mol. The summed E-state index contributed by atoms with van der Waals surface area (Å²) in [6, 6.07) is 7.96. The molecule has 0 aromatic heterocycles. The highest BCUT2D eigenvalue weighted by atomic mass is 16.2. The highest BCUT2D eigenvalue weighted by Crippen LogP contribution is 2.11. The maximum Gasteiger partial charge on any atom is 0.238 e. The van der Waals surface area contributed by atoms with Crippen LogP contribution in [0.5, 0.6) is 0 Å². The van der Waals surface area contributed by atoms with Gasteiger partial charge in [-0.2, -0.15) is 0 Å². The second-order valence-electron chi connectivity index (χ2n) is 5.46. The Labute approximate surface area is 116 Å². The molecule has 1 amide bonds. The first kappa shape index (κ1) is 14.1. The predicted octanol–water partition coefficient (Wildman–Crippen LogP) is 3.20. The lowest BCUT2D eigenvalue weighted by Gasteiger charge is -2.23. The standard InChI is InChI=1S/C16H24N2O/c1-14-7-9-15(10-8-14)17-16(19)13-18-11-5-3-2-4-6-12-18/h7-10H,2-6,11-13H2,1H3,(H,17,19). The van der Waals surface area contributed by atoms with Gasteiger partial charge in [-0.15, -0.1) is 0 Å². The Morgan fingerprint density at radius 2 is 1.63 bits per heavy atom. The topological polar surface area (TPSA) is 32.3 Å². The van der Waals surface area contributed by atoms with Crippen molar-refractivity contribution in [1.29, 1.82) is 0 Å². The average molecular weight is 260 g/mol. The van der Waals surface area contributed by atoms with Crippen LogP contribution in [0.25, 0.3) is 0 Å². The highest BCUT2D eigenvalue weighted by molar-refractivity contribution is 5.92. The van der Waals surface area contributed by atoms with E-state index >= 15 is 0 Å². The molecule has 0 unspecified atom stereocenters. The van der Waals surface area contributed by atoms with Crippen molar-refractivity contribution in [3.8, 4) is 0 Å². The number of hydrogen-bond acceptors (Lipinski definition) is 2. The van der Waals surface area contributed by atoms with Gasteiger partial charge in [-0.05, 0) is 45.0 Å². The molecule has 104 valence electrons. The molecular formula is C16H24N2O. The second kappa shape index (κ2) is 7.29. The number of aryl methyl sites for hydroxylation is 1. The molecule has 3 nitrogen and oxygen atoms in total. The molecule has 1 fully saturated rings. The Morgan fingerprint density at radius 1 is 1.05 bits per heavy atom. The number of nitrogens with zero attached hydrogens (tertiary/aromatic N) is 1. The fourth-order valence-corrected chi connectivity index (χ4v) is 2.51. The van der Waals surface area contributed by atoms with E-state index < -0.39 is 0 Å². The van der Waals surface area contributed by atoms with Crippen LogP contribution in [0.3, 0.4) is 0 Å². The number of benzene rings is 1. The number of rotatable bonds is 3. The zero-order valence-electron chi connectivity index (χ0n) is 11.8. The molecule has 1 aromatic carbocycles. The van der Waals surface area contributed by atoms with Gasteiger partial charge in [0, 0.05) is 5.69 Å². The van der Waals surface area contributed by atoms with E-state index in [9.17, 15) is 4.79 Å². The molecule has 1 heterocycles. The van der Waals surface area contributed by atoms with Crippen LogP contribution in [-0.4, -0.2) is 30.4 Å². The summed E-state index contributed by atoms with van der Waals surface area (Å²) in [4.78, 5) is 14.3. The van der Waals surface area contributed by atoms with Crippen LogP contribution in [0.1, 0.15) is 37.7 Å². The monoisotopic (exact) mass is 260 g/mol. The summed E-state index contributed by atoms with van der Waals surface area (Å²) < 4.78 is 0. The van der Waals surface area contributed by atoms with Gasteiger partial charge in [-0.25, -0.2) is 0 Å². The summed E-state index contributed by atoms with van der Waals surface area (Å²) in [5, 5.41) is 2.97. The summed E-state index contributed by atoms with van der Waals surface area (Å²) in [6.45, 7) is 4.68. The van der Waals surface area contributed by atoms with Gasteiger partial charge in [0.15, 0.2) is 0 Å². The molecule has 1 aliphatic rings. The Balaban J connectivity index is 1.80. The number of hydrogen-bond donors (Lipinski definition) is 1. The third kappa shape index (κ3) is 5.03. The van der Waals surface area contributed by atoms with Crippen LogP contribution in [0.2, 0.25) is 0 Å². The van der Waals surface area contributed by atoms with Gasteiger partial charge in [0.05, 0.1) is 6.54 Å². The number of carbonyl (C=O) groups excluding carboxylic acids is 1. The lowest BCUT2D eigenvalue weighted by Crippen LogP contribution is -2.35. The SMILES string of the molecule is Cc1ccc(NC(=O)CN2CCCCCCC2)cc1. The molecule has 3 heteroatoms. The van der Waals surface area contributed by atoms with E-state index in [4.69, 9.17) is 0 Å². The molecule has 0 atom stereocenters. The summed E-state index contributed by atoms with van der Waals surface area (Å²) >= 11 is 0. The molecule has 0 radical (unpaired) electrons. The summed E-state index contributed by atoms with van der Waals surface area (Å²) in [5.41, 5.74) is 2.10. The van der Waals surface area contributed by atoms with Crippen molar-refractivity contribution in [2.75, 3.05) is 25.0 Å². The third-order valence-electron chi connectivity index (χ3n) is 3.65. The first-order valence-electron chi connectivity index (χ1n) is 7.33. The smallest absolute Gasteiger partial charge is 0.238 e. The minimum atomic E-state index is 0.101. The molecule has 1 aromatic rings. The van der Waals surface area contributed by atoms with Crippen LogP contribution >= 0.6 is 0 Å². The molecule has 2 rings (SSSR count). The second-order valence-corrected chi connectivity index (χ2v) is 5.46. The van der Waals surface area contributed by atoms with Gasteiger partial charge < -0.3 is 5.32 Å². The van der Waals surface area contributed by atoms with Crippen LogP contribution in [0.15, 0.2) is 24.3 Å². The van der Waals surface area contributed by atoms with Gasteiger partial charge >= 0.3 is 0 Å². The van der Waals surface area contributed by atoms with E-state index in [0.717, 1.165) is 18.8 Å². The number of carbonyl (C=O) groups is 1. The van der Waals surface area contributed by atoms with E-state index in [0.29, 0.717) is 6.54 Å². The summed E-state index contributed by atoms with van der Waals surface area (Å²) in [5.74, 6) is 0.101. The first-order valence-corrected chi connectivity index (χ1v) is 7.33. The molecule has 19 heavy (non-hydrogen) atoms. The zero-order chi connectivity index (χ0) is 13.5. The van der Waals surface area contributed by atoms with Crippen molar-refractivity contribution in [1.82, 2.24) is 4.90 Å². The van der Waals surface area contributed by atoms with Crippen LogP contribution in [0, 0.1) is 6.92 Å². The molecule has 0 spiro atoms. The van der Waals surface area contributed by atoms with Crippen LogP contribution in [-0.2, 0) is 4.79 Å². The molecule has 1 saturated heterocycles. The number of nitrogens with one attached hydrogen (secondary N) is 1. The van der Waals surface area contributed by atoms with Crippen LogP contribution < -0.4 is 5.32 Å². The van der Waals surface area contributed by atoms with Crippen molar-refractivity contribution in [3.63, 3.8) is 0 Å². The van der Waals surface area contributed by atoms with E-state index in [2.05, 4.69) is 10.2 Å². The van der Waals surface area contributed by atoms with Crippen molar-refractivity contribution in [2.24, 2.45) is 0 Å². The van der Waals surface area contributed by atoms with Gasteiger partial charge in [0.2, 0.25) is 5.91 Å². The average Bonchev–Trinajstić information content (AvgIpc) is 2.35. The number of amides is 1. The van der Waals surface area contributed by atoms with Crippen molar-refractivity contribution < 1.29 is 4.79 Å². The molecule has 0 aliphatic carbocycles. The molecule has 1 aliphatic heterocycles. The largest absolute Gasteiger partial charge is 0.325 e.